The maximum atomic E-state index is 12.2. The third-order valence-electron chi connectivity index (χ3n) is 3.50. The Bertz CT molecular complexity index is 463. The van der Waals surface area contributed by atoms with E-state index in [0.29, 0.717) is 6.54 Å². The van der Waals surface area contributed by atoms with E-state index in [0.717, 1.165) is 44.3 Å². The average molecular weight is 306 g/mol. The molecule has 22 heavy (non-hydrogen) atoms. The Morgan fingerprint density at radius 2 is 1.59 bits per heavy atom. The fourth-order valence-corrected chi connectivity index (χ4v) is 2.07. The number of carbonyl (C=O) groups is 2. The molecular weight excluding hydrogens is 280 g/mol. The van der Waals surface area contributed by atoms with E-state index < -0.39 is 5.97 Å². The molecule has 0 atom stereocenters. The smallest absolute Gasteiger partial charge is 0.335 e. The number of unbranched alkanes of at least 4 members (excludes halogenated alkanes) is 2. The van der Waals surface area contributed by atoms with Crippen molar-refractivity contribution in [2.45, 2.75) is 46.1 Å². The second-order valence-corrected chi connectivity index (χ2v) is 5.35. The molecule has 0 bridgehead atoms. The summed E-state index contributed by atoms with van der Waals surface area (Å²) in [7, 11) is 0. The summed E-state index contributed by atoms with van der Waals surface area (Å²) in [5.41, 5.74) is 1.15. The van der Waals surface area contributed by atoms with E-state index in [-0.39, 0.29) is 11.6 Å². The Hall–Kier alpha value is -2.04. The van der Waals surface area contributed by atoms with Gasteiger partial charge in [-0.15, -0.1) is 0 Å². The van der Waals surface area contributed by atoms with E-state index in [1.165, 1.54) is 0 Å². The van der Waals surface area contributed by atoms with Gasteiger partial charge in [0.25, 0.3) is 0 Å². The van der Waals surface area contributed by atoms with Crippen LogP contribution in [0, 0.1) is 0 Å². The summed E-state index contributed by atoms with van der Waals surface area (Å²) in [6, 6.07) is 6.51. The number of nitrogens with zero attached hydrogens (tertiary/aromatic N) is 1. The van der Waals surface area contributed by atoms with Gasteiger partial charge in [-0.3, -0.25) is 0 Å². The highest BCUT2D eigenvalue weighted by Gasteiger charge is 2.12. The number of aromatic carboxylic acids is 1. The number of hydrogen-bond donors (Lipinski definition) is 2. The van der Waals surface area contributed by atoms with Crippen molar-refractivity contribution in [2.75, 3.05) is 13.1 Å². The Balaban J connectivity index is 2.51. The Morgan fingerprint density at radius 1 is 1.05 bits per heavy atom. The lowest BCUT2D eigenvalue weighted by molar-refractivity contribution is 0.0697. The molecule has 0 saturated heterocycles. The van der Waals surface area contributed by atoms with E-state index in [4.69, 9.17) is 5.11 Å². The molecule has 122 valence electrons. The third kappa shape index (κ3) is 6.16. The molecule has 2 N–H and O–H groups in total. The molecule has 0 aliphatic rings. The van der Waals surface area contributed by atoms with Crippen LogP contribution in [0.5, 0.6) is 0 Å². The number of carboxylic acid groups (broad SMARTS) is 1. The van der Waals surface area contributed by atoms with Crippen LogP contribution in [0.15, 0.2) is 24.3 Å². The molecule has 0 unspecified atom stereocenters. The highest BCUT2D eigenvalue weighted by atomic mass is 16.4. The Morgan fingerprint density at radius 3 is 2.05 bits per heavy atom. The molecule has 0 saturated carbocycles. The van der Waals surface area contributed by atoms with E-state index >= 15 is 0 Å². The van der Waals surface area contributed by atoms with Crippen molar-refractivity contribution in [3.05, 3.63) is 35.4 Å². The molecule has 0 heterocycles. The number of urea groups is 1. The number of nitrogens with one attached hydrogen (secondary N) is 1. The van der Waals surface area contributed by atoms with Crippen molar-refractivity contribution in [2.24, 2.45) is 0 Å². The first-order valence-electron chi connectivity index (χ1n) is 7.93. The maximum Gasteiger partial charge on any atom is 0.335 e. The second-order valence-electron chi connectivity index (χ2n) is 5.35. The quantitative estimate of drug-likeness (QED) is 0.733. The minimum absolute atomic E-state index is 0.0517. The van der Waals surface area contributed by atoms with Crippen LogP contribution in [-0.4, -0.2) is 35.1 Å². The molecule has 0 fully saturated rings. The summed E-state index contributed by atoms with van der Waals surface area (Å²) >= 11 is 0. The molecule has 5 nitrogen and oxygen atoms in total. The van der Waals surface area contributed by atoms with Crippen LogP contribution >= 0.6 is 0 Å². The van der Waals surface area contributed by atoms with Crippen LogP contribution in [-0.2, 0) is 6.54 Å². The lowest BCUT2D eigenvalue weighted by Crippen LogP contribution is -2.40. The van der Waals surface area contributed by atoms with Gasteiger partial charge < -0.3 is 15.3 Å². The lowest BCUT2D eigenvalue weighted by Gasteiger charge is -2.22. The van der Waals surface area contributed by atoms with E-state index in [2.05, 4.69) is 19.2 Å². The monoisotopic (exact) mass is 306 g/mol. The number of carbonyl (C=O) groups excluding carboxylic acids is 1. The van der Waals surface area contributed by atoms with Crippen molar-refractivity contribution in [3.63, 3.8) is 0 Å². The van der Waals surface area contributed by atoms with Crippen molar-refractivity contribution in [1.29, 1.82) is 0 Å². The molecule has 0 aliphatic heterocycles. The van der Waals surface area contributed by atoms with Crippen molar-refractivity contribution >= 4 is 12.0 Å². The maximum absolute atomic E-state index is 12.2. The van der Waals surface area contributed by atoms with Crippen LogP contribution in [0.2, 0.25) is 0 Å². The molecule has 2 amide bonds. The second kappa shape index (κ2) is 9.82. The summed E-state index contributed by atoms with van der Waals surface area (Å²) < 4.78 is 0. The fraction of sp³-hybridized carbons (Fsp3) is 0.529. The van der Waals surface area contributed by atoms with Crippen LogP contribution < -0.4 is 5.32 Å². The van der Waals surface area contributed by atoms with Gasteiger partial charge in [-0.1, -0.05) is 38.8 Å². The third-order valence-corrected chi connectivity index (χ3v) is 3.50. The molecular formula is C17H26N2O3. The van der Waals surface area contributed by atoms with Gasteiger partial charge in [0.05, 0.1) is 5.56 Å². The topological polar surface area (TPSA) is 69.6 Å². The zero-order valence-corrected chi connectivity index (χ0v) is 13.5. The Kier molecular flexibility index (Phi) is 8.04. The molecule has 0 aliphatic carbocycles. The first kappa shape index (κ1) is 18.0. The zero-order chi connectivity index (χ0) is 16.4. The number of rotatable bonds is 9. The highest BCUT2D eigenvalue weighted by Crippen LogP contribution is 2.05. The molecule has 1 aromatic rings. The first-order valence-corrected chi connectivity index (χ1v) is 7.93. The predicted octanol–water partition coefficient (Wildman–Crippen LogP) is 3.50. The van der Waals surface area contributed by atoms with E-state index in [1.54, 1.807) is 24.3 Å². The predicted molar refractivity (Wildman–Crippen MR) is 87.0 cm³/mol. The average Bonchev–Trinajstić information content (AvgIpc) is 2.53. The lowest BCUT2D eigenvalue weighted by atomic mass is 10.1. The fourth-order valence-electron chi connectivity index (χ4n) is 2.07. The van der Waals surface area contributed by atoms with Gasteiger partial charge >= 0.3 is 12.0 Å². The summed E-state index contributed by atoms with van der Waals surface area (Å²) in [5.74, 6) is -0.944. The van der Waals surface area contributed by atoms with Crippen LogP contribution in [0.4, 0.5) is 4.79 Å². The largest absolute Gasteiger partial charge is 0.478 e. The summed E-state index contributed by atoms with van der Waals surface area (Å²) in [4.78, 5) is 24.9. The van der Waals surface area contributed by atoms with Gasteiger partial charge in [0.15, 0.2) is 0 Å². The number of carboxylic acids is 1. The molecule has 5 heteroatoms. The normalized spacial score (nSPS) is 10.3. The van der Waals surface area contributed by atoms with Gasteiger partial charge in [-0.2, -0.15) is 0 Å². The molecule has 0 radical (unpaired) electrons. The van der Waals surface area contributed by atoms with Crippen molar-refractivity contribution in [3.8, 4) is 0 Å². The van der Waals surface area contributed by atoms with Crippen LogP contribution in [0.25, 0.3) is 0 Å². The van der Waals surface area contributed by atoms with E-state index in [9.17, 15) is 9.59 Å². The number of benzene rings is 1. The minimum Gasteiger partial charge on any atom is -0.478 e. The molecule has 1 rings (SSSR count). The van der Waals surface area contributed by atoms with E-state index in [1.807, 2.05) is 4.90 Å². The summed E-state index contributed by atoms with van der Waals surface area (Å²) in [6.07, 6.45) is 4.13. The summed E-state index contributed by atoms with van der Waals surface area (Å²) in [5, 5.41) is 11.8. The molecule has 0 aromatic heterocycles. The molecule has 1 aromatic carbocycles. The van der Waals surface area contributed by atoms with Crippen molar-refractivity contribution < 1.29 is 14.7 Å². The standard InChI is InChI=1S/C17H26N2O3/c1-3-5-11-19(12-6-4-2)17(22)18-13-14-7-9-15(10-8-14)16(20)21/h7-10H,3-6,11-13H2,1-2H3,(H,18,22)(H,20,21). The van der Waals surface area contributed by atoms with Gasteiger partial charge in [-0.25, -0.2) is 9.59 Å². The first-order chi connectivity index (χ1) is 10.6. The van der Waals surface area contributed by atoms with Crippen molar-refractivity contribution in [1.82, 2.24) is 10.2 Å². The minimum atomic E-state index is -0.944. The van der Waals surface area contributed by atoms with Gasteiger partial charge in [0.2, 0.25) is 0 Å². The SMILES string of the molecule is CCCCN(CCCC)C(=O)NCc1ccc(C(=O)O)cc1. The van der Waals surface area contributed by atoms with Crippen LogP contribution in [0.3, 0.4) is 0 Å². The van der Waals surface area contributed by atoms with Gasteiger partial charge in [-0.05, 0) is 30.5 Å². The van der Waals surface area contributed by atoms with Gasteiger partial charge in [0.1, 0.15) is 0 Å². The van der Waals surface area contributed by atoms with Crippen LogP contribution in [0.1, 0.15) is 55.5 Å². The zero-order valence-electron chi connectivity index (χ0n) is 13.5. The number of hydrogen-bond acceptors (Lipinski definition) is 2. The highest BCUT2D eigenvalue weighted by molar-refractivity contribution is 5.87. The Labute approximate surface area is 132 Å². The van der Waals surface area contributed by atoms with Gasteiger partial charge in [0, 0.05) is 19.6 Å². The summed E-state index contributed by atoms with van der Waals surface area (Å²) in [6.45, 7) is 6.19. The molecule has 0 spiro atoms. The number of amides is 2.